The van der Waals surface area contributed by atoms with E-state index in [2.05, 4.69) is 15.5 Å². The lowest BCUT2D eigenvalue weighted by Crippen LogP contribution is -2.28. The van der Waals surface area contributed by atoms with Gasteiger partial charge in [0.25, 0.3) is 5.89 Å². The Balaban J connectivity index is 1.96. The van der Waals surface area contributed by atoms with Crippen molar-refractivity contribution in [2.45, 2.75) is 32.0 Å². The van der Waals surface area contributed by atoms with E-state index in [0.29, 0.717) is 32.0 Å². The van der Waals surface area contributed by atoms with Crippen LogP contribution in [0.15, 0.2) is 4.52 Å². The fourth-order valence-corrected chi connectivity index (χ4v) is 1.67. The zero-order chi connectivity index (χ0) is 11.4. The molecule has 0 saturated carbocycles. The molecule has 1 aromatic rings. The highest BCUT2D eigenvalue weighted by atomic mass is 16.5. The van der Waals surface area contributed by atoms with Crippen LogP contribution in [0.4, 0.5) is 0 Å². The fraction of sp³-hybridized carbons (Fsp3) is 0.800. The Labute approximate surface area is 94.0 Å². The summed E-state index contributed by atoms with van der Waals surface area (Å²) in [6.07, 6.45) is 1.56. The molecule has 16 heavy (non-hydrogen) atoms. The van der Waals surface area contributed by atoms with Crippen LogP contribution in [0, 0.1) is 0 Å². The van der Waals surface area contributed by atoms with Crippen LogP contribution >= 0.6 is 0 Å². The van der Waals surface area contributed by atoms with Crippen molar-refractivity contribution >= 4 is 0 Å². The standard InChI is InChI=1S/C10H17N3O3/c1-2-5-15-6-8-12-9(16-13-8)10(14)3-4-11-7-10/h11,14H,2-7H2,1H3. The lowest BCUT2D eigenvalue weighted by Gasteiger charge is -2.14. The predicted molar refractivity (Wildman–Crippen MR) is 55.6 cm³/mol. The molecule has 0 bridgehead atoms. The van der Waals surface area contributed by atoms with Gasteiger partial charge in [0.15, 0.2) is 11.4 Å². The molecule has 6 nitrogen and oxygen atoms in total. The third-order valence-corrected chi connectivity index (χ3v) is 2.58. The molecular weight excluding hydrogens is 210 g/mol. The monoisotopic (exact) mass is 227 g/mol. The van der Waals surface area contributed by atoms with Crippen LogP contribution < -0.4 is 5.32 Å². The SMILES string of the molecule is CCCOCc1noc(C2(O)CCNC2)n1. The average molecular weight is 227 g/mol. The number of nitrogens with zero attached hydrogens (tertiary/aromatic N) is 2. The molecule has 0 radical (unpaired) electrons. The predicted octanol–water partition coefficient (Wildman–Crippen LogP) is 0.177. The van der Waals surface area contributed by atoms with Crippen molar-refractivity contribution in [3.63, 3.8) is 0 Å². The van der Waals surface area contributed by atoms with Crippen molar-refractivity contribution in [2.24, 2.45) is 0 Å². The molecule has 2 rings (SSSR count). The molecule has 6 heteroatoms. The van der Waals surface area contributed by atoms with Crippen molar-refractivity contribution in [2.75, 3.05) is 19.7 Å². The van der Waals surface area contributed by atoms with E-state index in [9.17, 15) is 5.11 Å². The van der Waals surface area contributed by atoms with Gasteiger partial charge in [-0.2, -0.15) is 4.98 Å². The zero-order valence-corrected chi connectivity index (χ0v) is 9.40. The van der Waals surface area contributed by atoms with Crippen LogP contribution in [0.2, 0.25) is 0 Å². The number of ether oxygens (including phenoxy) is 1. The van der Waals surface area contributed by atoms with Crippen molar-refractivity contribution in [3.8, 4) is 0 Å². The van der Waals surface area contributed by atoms with Gasteiger partial charge < -0.3 is 19.7 Å². The lowest BCUT2D eigenvalue weighted by molar-refractivity contribution is 0.0242. The second kappa shape index (κ2) is 4.90. The van der Waals surface area contributed by atoms with Gasteiger partial charge in [0.2, 0.25) is 0 Å². The van der Waals surface area contributed by atoms with Crippen molar-refractivity contribution in [3.05, 3.63) is 11.7 Å². The van der Waals surface area contributed by atoms with Crippen LogP contribution in [0.5, 0.6) is 0 Å². The Bertz CT molecular complexity index is 334. The maximum absolute atomic E-state index is 10.1. The van der Waals surface area contributed by atoms with Crippen LogP contribution in [-0.2, 0) is 16.9 Å². The van der Waals surface area contributed by atoms with Gasteiger partial charge in [0, 0.05) is 13.2 Å². The maximum atomic E-state index is 10.1. The molecule has 1 aromatic heterocycles. The Morgan fingerprint density at radius 3 is 3.19 bits per heavy atom. The minimum atomic E-state index is -1.00. The van der Waals surface area contributed by atoms with Gasteiger partial charge in [0.1, 0.15) is 6.61 Å². The molecule has 2 N–H and O–H groups in total. The molecule has 2 heterocycles. The van der Waals surface area contributed by atoms with E-state index < -0.39 is 5.60 Å². The molecule has 1 fully saturated rings. The number of aliphatic hydroxyl groups is 1. The second-order valence-electron chi connectivity index (χ2n) is 4.03. The molecule has 0 spiro atoms. The third-order valence-electron chi connectivity index (χ3n) is 2.58. The van der Waals surface area contributed by atoms with Crippen molar-refractivity contribution in [1.82, 2.24) is 15.5 Å². The van der Waals surface area contributed by atoms with E-state index in [1.807, 2.05) is 6.92 Å². The van der Waals surface area contributed by atoms with Crippen LogP contribution in [-0.4, -0.2) is 34.9 Å². The quantitative estimate of drug-likeness (QED) is 0.698. The first kappa shape index (κ1) is 11.5. The molecule has 1 aliphatic heterocycles. The summed E-state index contributed by atoms with van der Waals surface area (Å²) in [4.78, 5) is 4.14. The molecule has 0 amide bonds. The van der Waals surface area contributed by atoms with Gasteiger partial charge in [-0.1, -0.05) is 12.1 Å². The smallest absolute Gasteiger partial charge is 0.260 e. The largest absolute Gasteiger partial charge is 0.379 e. The molecule has 90 valence electrons. The van der Waals surface area contributed by atoms with E-state index in [1.165, 1.54) is 0 Å². The van der Waals surface area contributed by atoms with Gasteiger partial charge >= 0.3 is 0 Å². The number of hydrogen-bond acceptors (Lipinski definition) is 6. The topological polar surface area (TPSA) is 80.4 Å². The van der Waals surface area contributed by atoms with Gasteiger partial charge in [-0.3, -0.25) is 0 Å². The van der Waals surface area contributed by atoms with E-state index in [-0.39, 0.29) is 5.89 Å². The van der Waals surface area contributed by atoms with Crippen LogP contribution in [0.1, 0.15) is 31.5 Å². The van der Waals surface area contributed by atoms with Gasteiger partial charge in [-0.25, -0.2) is 0 Å². The second-order valence-corrected chi connectivity index (χ2v) is 4.03. The normalized spacial score (nSPS) is 25.1. The van der Waals surface area contributed by atoms with E-state index in [1.54, 1.807) is 0 Å². The minimum Gasteiger partial charge on any atom is -0.379 e. The summed E-state index contributed by atoms with van der Waals surface area (Å²) in [7, 11) is 0. The summed E-state index contributed by atoms with van der Waals surface area (Å²) in [5, 5.41) is 17.0. The van der Waals surface area contributed by atoms with Crippen molar-refractivity contribution in [1.29, 1.82) is 0 Å². The summed E-state index contributed by atoms with van der Waals surface area (Å²) in [6, 6.07) is 0. The Hall–Kier alpha value is -0.980. The minimum absolute atomic E-state index is 0.285. The fourth-order valence-electron chi connectivity index (χ4n) is 1.67. The van der Waals surface area contributed by atoms with Gasteiger partial charge in [-0.05, 0) is 19.4 Å². The number of hydrogen-bond donors (Lipinski definition) is 2. The van der Waals surface area contributed by atoms with Gasteiger partial charge in [0.05, 0.1) is 0 Å². The van der Waals surface area contributed by atoms with Gasteiger partial charge in [-0.15, -0.1) is 0 Å². The summed E-state index contributed by atoms with van der Waals surface area (Å²) in [5.41, 5.74) is -1.00. The summed E-state index contributed by atoms with van der Waals surface area (Å²) < 4.78 is 10.3. The van der Waals surface area contributed by atoms with Crippen LogP contribution in [0.3, 0.4) is 0 Å². The Kier molecular flexibility index (Phi) is 3.52. The molecule has 1 aliphatic rings. The Morgan fingerprint density at radius 2 is 2.50 bits per heavy atom. The molecule has 1 saturated heterocycles. The third kappa shape index (κ3) is 2.40. The number of rotatable bonds is 5. The number of aromatic nitrogens is 2. The summed E-state index contributed by atoms with van der Waals surface area (Å²) >= 11 is 0. The van der Waals surface area contributed by atoms with Crippen LogP contribution in [0.25, 0.3) is 0 Å². The first-order valence-electron chi connectivity index (χ1n) is 5.58. The average Bonchev–Trinajstić information content (AvgIpc) is 2.88. The maximum Gasteiger partial charge on any atom is 0.260 e. The van der Waals surface area contributed by atoms with E-state index in [4.69, 9.17) is 9.26 Å². The molecule has 1 unspecified atom stereocenters. The number of β-amino-alcohol motifs (C(OH)–C–C–N with tert-alkyl or cyclic N) is 1. The molecule has 0 aromatic carbocycles. The molecule has 0 aliphatic carbocycles. The highest BCUT2D eigenvalue weighted by Gasteiger charge is 2.38. The first-order chi connectivity index (χ1) is 7.74. The van der Waals surface area contributed by atoms with E-state index >= 15 is 0 Å². The van der Waals surface area contributed by atoms with E-state index in [0.717, 1.165) is 13.0 Å². The lowest BCUT2D eigenvalue weighted by atomic mass is 10.0. The molecule has 1 atom stereocenters. The Morgan fingerprint density at radius 1 is 1.62 bits per heavy atom. The molecular formula is C10H17N3O3. The first-order valence-corrected chi connectivity index (χ1v) is 5.58. The summed E-state index contributed by atoms with van der Waals surface area (Å²) in [5.74, 6) is 0.774. The zero-order valence-electron chi connectivity index (χ0n) is 9.40. The number of nitrogens with one attached hydrogen (secondary N) is 1. The van der Waals surface area contributed by atoms with Crippen molar-refractivity contribution < 1.29 is 14.4 Å². The summed E-state index contributed by atoms with van der Waals surface area (Å²) in [6.45, 7) is 4.27. The highest BCUT2D eigenvalue weighted by Crippen LogP contribution is 2.25. The highest BCUT2D eigenvalue weighted by molar-refractivity contribution is 5.03.